The van der Waals surface area contributed by atoms with Crippen LogP contribution in [0.3, 0.4) is 0 Å². The Kier molecular flexibility index (Phi) is 5.76. The van der Waals surface area contributed by atoms with Crippen LogP contribution in [-0.2, 0) is 19.5 Å². The molecule has 3 aromatic carbocycles. The Morgan fingerprint density at radius 1 is 0.964 bits per heavy atom. The summed E-state index contributed by atoms with van der Waals surface area (Å²) in [5, 5.41) is 2.88. The second-order valence-electron chi connectivity index (χ2n) is 7.00. The molecule has 1 amide bonds. The van der Waals surface area contributed by atoms with Gasteiger partial charge in [0.2, 0.25) is 0 Å². The second kappa shape index (κ2) is 8.61. The van der Waals surface area contributed by atoms with Crippen LogP contribution in [0.4, 0.5) is 5.69 Å². The maximum Gasteiger partial charge on any atom is 0.255 e. The summed E-state index contributed by atoms with van der Waals surface area (Å²) in [5.41, 5.74) is 5.42. The molecular formula is C23H22N2O2S. The standard InChI is InChI=1S/C23H22N2O2S/c26-23(24-21-9-11-22(28-27)12-10-21)19-7-5-17(6-8-19)15-25-14-13-18-3-1-2-4-20(18)16-25/h1-12,27H,13-16H2,(H,24,26). The molecule has 0 atom stereocenters. The lowest BCUT2D eigenvalue weighted by Crippen LogP contribution is -2.29. The molecule has 0 fully saturated rings. The third-order valence-electron chi connectivity index (χ3n) is 5.05. The number of carbonyl (C=O) groups excluding carboxylic acids is 1. The highest BCUT2D eigenvalue weighted by molar-refractivity contribution is 7.93. The first kappa shape index (κ1) is 18.7. The van der Waals surface area contributed by atoms with Crippen molar-refractivity contribution >= 4 is 23.6 Å². The van der Waals surface area contributed by atoms with Crippen LogP contribution in [0.1, 0.15) is 27.0 Å². The van der Waals surface area contributed by atoms with Gasteiger partial charge < -0.3 is 9.87 Å². The first-order chi connectivity index (χ1) is 13.7. The number of nitrogens with one attached hydrogen (secondary N) is 1. The first-order valence-corrected chi connectivity index (χ1v) is 10.1. The molecule has 0 aliphatic carbocycles. The number of fused-ring (bicyclic) bond motifs is 1. The van der Waals surface area contributed by atoms with Gasteiger partial charge in [0.25, 0.3) is 5.91 Å². The SMILES string of the molecule is O=C(Nc1ccc(SO)cc1)c1ccc(CN2CCc3ccccc3C2)cc1. The molecule has 142 valence electrons. The van der Waals surface area contributed by atoms with E-state index in [0.29, 0.717) is 23.3 Å². The van der Waals surface area contributed by atoms with Crippen LogP contribution in [0.25, 0.3) is 0 Å². The zero-order valence-electron chi connectivity index (χ0n) is 15.5. The van der Waals surface area contributed by atoms with Gasteiger partial charge in [0, 0.05) is 47.8 Å². The lowest BCUT2D eigenvalue weighted by molar-refractivity contribution is 0.102. The van der Waals surface area contributed by atoms with Gasteiger partial charge in [-0.15, -0.1) is 0 Å². The maximum atomic E-state index is 12.4. The van der Waals surface area contributed by atoms with Crippen molar-refractivity contribution in [1.29, 1.82) is 0 Å². The molecule has 2 N–H and O–H groups in total. The molecule has 1 aliphatic rings. The van der Waals surface area contributed by atoms with E-state index in [1.807, 2.05) is 24.3 Å². The first-order valence-electron chi connectivity index (χ1n) is 9.32. The molecule has 28 heavy (non-hydrogen) atoms. The zero-order chi connectivity index (χ0) is 19.3. The summed E-state index contributed by atoms with van der Waals surface area (Å²) >= 11 is 0.688. The van der Waals surface area contributed by atoms with Gasteiger partial charge in [-0.3, -0.25) is 9.69 Å². The summed E-state index contributed by atoms with van der Waals surface area (Å²) in [6.07, 6.45) is 1.09. The van der Waals surface area contributed by atoms with Crippen LogP contribution >= 0.6 is 12.0 Å². The number of amides is 1. The van der Waals surface area contributed by atoms with E-state index < -0.39 is 0 Å². The molecule has 0 aromatic heterocycles. The summed E-state index contributed by atoms with van der Waals surface area (Å²) in [6, 6.07) is 23.5. The van der Waals surface area contributed by atoms with Gasteiger partial charge >= 0.3 is 0 Å². The number of hydrogen-bond acceptors (Lipinski definition) is 4. The van der Waals surface area contributed by atoms with Crippen molar-refractivity contribution in [2.24, 2.45) is 0 Å². The zero-order valence-corrected chi connectivity index (χ0v) is 16.3. The molecule has 0 bridgehead atoms. The van der Waals surface area contributed by atoms with Gasteiger partial charge in [-0.2, -0.15) is 0 Å². The maximum absolute atomic E-state index is 12.4. The topological polar surface area (TPSA) is 52.6 Å². The van der Waals surface area contributed by atoms with E-state index in [1.165, 1.54) is 16.7 Å². The highest BCUT2D eigenvalue weighted by Crippen LogP contribution is 2.21. The average Bonchev–Trinajstić information content (AvgIpc) is 2.75. The number of anilines is 1. The minimum Gasteiger partial charge on any atom is -0.325 e. The Morgan fingerprint density at radius 3 is 2.39 bits per heavy atom. The van der Waals surface area contributed by atoms with Crippen LogP contribution in [0.5, 0.6) is 0 Å². The van der Waals surface area contributed by atoms with Gasteiger partial charge in [0.1, 0.15) is 0 Å². The molecule has 5 heteroatoms. The molecule has 0 saturated heterocycles. The average molecular weight is 391 g/mol. The second-order valence-corrected chi connectivity index (χ2v) is 7.65. The summed E-state index contributed by atoms with van der Waals surface area (Å²) in [4.78, 5) is 15.6. The molecular weight excluding hydrogens is 368 g/mol. The summed E-state index contributed by atoms with van der Waals surface area (Å²) in [7, 11) is 0. The highest BCUT2D eigenvalue weighted by atomic mass is 32.2. The smallest absolute Gasteiger partial charge is 0.255 e. The van der Waals surface area contributed by atoms with Crippen molar-refractivity contribution in [3.8, 4) is 0 Å². The van der Waals surface area contributed by atoms with Crippen LogP contribution in [0, 0.1) is 0 Å². The van der Waals surface area contributed by atoms with Crippen LogP contribution in [0.15, 0.2) is 77.7 Å². The van der Waals surface area contributed by atoms with Crippen molar-refractivity contribution in [3.63, 3.8) is 0 Å². The molecule has 4 rings (SSSR count). The van der Waals surface area contributed by atoms with E-state index in [4.69, 9.17) is 4.55 Å². The molecule has 1 aliphatic heterocycles. The van der Waals surface area contributed by atoms with Crippen LogP contribution in [0.2, 0.25) is 0 Å². The van der Waals surface area contributed by atoms with Crippen molar-refractivity contribution in [2.45, 2.75) is 24.4 Å². The lowest BCUT2D eigenvalue weighted by atomic mass is 9.99. The Bertz CT molecular complexity index is 955. The number of nitrogens with zero attached hydrogens (tertiary/aromatic N) is 1. The van der Waals surface area contributed by atoms with E-state index in [-0.39, 0.29) is 5.91 Å². The minimum atomic E-state index is -0.136. The van der Waals surface area contributed by atoms with Crippen molar-refractivity contribution in [2.75, 3.05) is 11.9 Å². The van der Waals surface area contributed by atoms with Crippen molar-refractivity contribution in [3.05, 3.63) is 95.1 Å². The molecule has 3 aromatic rings. The lowest BCUT2D eigenvalue weighted by Gasteiger charge is -2.28. The van der Waals surface area contributed by atoms with E-state index in [1.54, 1.807) is 24.3 Å². The van der Waals surface area contributed by atoms with E-state index in [2.05, 4.69) is 34.5 Å². The molecule has 0 unspecified atom stereocenters. The number of carbonyl (C=O) groups is 1. The highest BCUT2D eigenvalue weighted by Gasteiger charge is 2.16. The third-order valence-corrected chi connectivity index (χ3v) is 5.53. The van der Waals surface area contributed by atoms with Gasteiger partial charge in [0.05, 0.1) is 0 Å². The fourth-order valence-corrected chi connectivity index (χ4v) is 3.77. The van der Waals surface area contributed by atoms with Crippen molar-refractivity contribution in [1.82, 2.24) is 4.90 Å². The monoisotopic (exact) mass is 390 g/mol. The molecule has 1 heterocycles. The van der Waals surface area contributed by atoms with Gasteiger partial charge in [-0.1, -0.05) is 36.4 Å². The summed E-state index contributed by atoms with van der Waals surface area (Å²) < 4.78 is 9.01. The Hall–Kier alpha value is -2.60. The predicted molar refractivity (Wildman–Crippen MR) is 114 cm³/mol. The summed E-state index contributed by atoms with van der Waals surface area (Å²) in [5.74, 6) is -0.136. The van der Waals surface area contributed by atoms with Crippen LogP contribution < -0.4 is 5.32 Å². The van der Waals surface area contributed by atoms with Gasteiger partial charge in [0.15, 0.2) is 0 Å². The Labute approximate surface area is 169 Å². The fourth-order valence-electron chi connectivity index (χ4n) is 3.51. The molecule has 0 spiro atoms. The van der Waals surface area contributed by atoms with Gasteiger partial charge in [-0.05, 0) is 59.5 Å². The van der Waals surface area contributed by atoms with Crippen molar-refractivity contribution < 1.29 is 9.35 Å². The minimum absolute atomic E-state index is 0.136. The predicted octanol–water partition coefficient (Wildman–Crippen LogP) is 5.06. The quantitative estimate of drug-likeness (QED) is 0.598. The van der Waals surface area contributed by atoms with E-state index in [9.17, 15) is 4.79 Å². The largest absolute Gasteiger partial charge is 0.325 e. The third kappa shape index (κ3) is 4.44. The Morgan fingerprint density at radius 2 is 1.68 bits per heavy atom. The normalized spacial score (nSPS) is 13.8. The molecule has 4 nitrogen and oxygen atoms in total. The fraction of sp³-hybridized carbons (Fsp3) is 0.174. The molecule has 0 saturated carbocycles. The van der Waals surface area contributed by atoms with Crippen LogP contribution in [-0.4, -0.2) is 21.9 Å². The van der Waals surface area contributed by atoms with E-state index in [0.717, 1.165) is 31.0 Å². The number of rotatable bonds is 5. The van der Waals surface area contributed by atoms with Gasteiger partial charge in [-0.25, -0.2) is 0 Å². The molecule has 0 radical (unpaired) electrons. The van der Waals surface area contributed by atoms with E-state index >= 15 is 0 Å². The Balaban J connectivity index is 1.36. The number of benzene rings is 3. The number of hydrogen-bond donors (Lipinski definition) is 2. The summed E-state index contributed by atoms with van der Waals surface area (Å²) in [6.45, 7) is 2.92.